The number of hydrogen-bond donors (Lipinski definition) is 1. The van der Waals surface area contributed by atoms with Crippen LogP contribution in [0.1, 0.15) is 53.5 Å². The highest BCUT2D eigenvalue weighted by molar-refractivity contribution is 7.91. The first-order chi connectivity index (χ1) is 12.4. The average molecular weight is 376 g/mol. The van der Waals surface area contributed by atoms with E-state index in [1.807, 2.05) is 7.05 Å². The fraction of sp³-hybridized carbons (Fsp3) is 0.650. The maximum atomic E-state index is 12.7. The molecule has 1 saturated heterocycles. The molecule has 142 valence electrons. The lowest BCUT2D eigenvalue weighted by molar-refractivity contribution is -0.117. The highest BCUT2D eigenvalue weighted by atomic mass is 32.2. The van der Waals surface area contributed by atoms with E-state index in [9.17, 15) is 9.00 Å². The molecule has 1 heterocycles. The topological polar surface area (TPSA) is 75.8 Å². The van der Waals surface area contributed by atoms with Gasteiger partial charge in [0.15, 0.2) is 0 Å². The zero-order valence-corrected chi connectivity index (χ0v) is 16.4. The molecule has 0 radical (unpaired) electrons. The molecule has 2 N–H and O–H groups in total. The third-order valence-electron chi connectivity index (χ3n) is 6.29. The van der Waals surface area contributed by atoms with Gasteiger partial charge in [-0.1, -0.05) is 6.07 Å². The fourth-order valence-corrected chi connectivity index (χ4v) is 6.46. The molecule has 2 atom stereocenters. The van der Waals surface area contributed by atoms with E-state index in [0.717, 1.165) is 57.9 Å². The Labute approximate surface area is 156 Å². The van der Waals surface area contributed by atoms with Gasteiger partial charge < -0.3 is 4.90 Å². The van der Waals surface area contributed by atoms with Gasteiger partial charge in [-0.3, -0.25) is 4.79 Å². The van der Waals surface area contributed by atoms with Gasteiger partial charge in [0.25, 0.3) is 5.91 Å². The zero-order chi connectivity index (χ0) is 18.3. The molecule has 1 amide bonds. The number of nitrogens with zero attached hydrogens (tertiary/aromatic N) is 2. The van der Waals surface area contributed by atoms with Crippen LogP contribution in [-0.2, 0) is 46.8 Å². The van der Waals surface area contributed by atoms with Crippen molar-refractivity contribution >= 4 is 15.8 Å². The number of carbonyl (C=O) groups is 1. The number of benzene rings is 1. The van der Waals surface area contributed by atoms with Gasteiger partial charge in [0.05, 0.1) is 12.2 Å². The summed E-state index contributed by atoms with van der Waals surface area (Å²) in [5, 5.41) is 5.95. The largest absolute Gasteiger partial charge is 0.302 e. The Morgan fingerprint density at radius 2 is 1.85 bits per heavy atom. The number of rotatable bonds is 4. The third kappa shape index (κ3) is 3.59. The maximum Gasteiger partial charge on any atom is 0.259 e. The number of aryl methyl sites for hydroxylation is 2. The van der Waals surface area contributed by atoms with Gasteiger partial charge in [-0.05, 0) is 92.8 Å². The van der Waals surface area contributed by atoms with Crippen molar-refractivity contribution in [3.05, 3.63) is 33.9 Å². The fourth-order valence-electron chi connectivity index (χ4n) is 5.01. The number of likely N-dealkylation sites (tertiary alicyclic amines) is 1. The summed E-state index contributed by atoms with van der Waals surface area (Å²) in [6.07, 6.45) is 9.00. The predicted molar refractivity (Wildman–Crippen MR) is 104 cm³/mol. The molecule has 1 fully saturated rings. The first-order valence-electron chi connectivity index (χ1n) is 9.84. The van der Waals surface area contributed by atoms with Crippen molar-refractivity contribution in [3.8, 4) is 0 Å². The molecule has 0 bridgehead atoms. The van der Waals surface area contributed by atoms with Gasteiger partial charge in [-0.15, -0.1) is 4.36 Å². The highest BCUT2D eigenvalue weighted by Gasteiger charge is 2.27. The second-order valence-electron chi connectivity index (χ2n) is 8.13. The monoisotopic (exact) mass is 375 g/mol. The molecule has 0 aromatic heterocycles. The Morgan fingerprint density at radius 1 is 1.19 bits per heavy atom. The Balaban J connectivity index is 1.56. The lowest BCUT2D eigenvalue weighted by Gasteiger charge is -2.19. The van der Waals surface area contributed by atoms with E-state index >= 15 is 0 Å². The van der Waals surface area contributed by atoms with Crippen molar-refractivity contribution in [2.45, 2.75) is 63.8 Å². The lowest BCUT2D eigenvalue weighted by atomic mass is 9.92. The highest BCUT2D eigenvalue weighted by Crippen LogP contribution is 2.35. The van der Waals surface area contributed by atoms with Crippen LogP contribution in [0.4, 0.5) is 0 Å². The summed E-state index contributed by atoms with van der Waals surface area (Å²) in [7, 11) is -0.942. The second-order valence-corrected chi connectivity index (χ2v) is 10.0. The van der Waals surface area contributed by atoms with Crippen LogP contribution in [0, 0.1) is 0 Å². The van der Waals surface area contributed by atoms with Crippen LogP contribution in [0.5, 0.6) is 0 Å². The molecule has 0 spiro atoms. The normalized spacial score (nSPS) is 24.3. The summed E-state index contributed by atoms with van der Waals surface area (Å²) in [5.41, 5.74) is 6.71. The van der Waals surface area contributed by atoms with Gasteiger partial charge in [-0.25, -0.2) is 9.35 Å². The summed E-state index contributed by atoms with van der Waals surface area (Å²) in [4.78, 5) is 14.8. The summed E-state index contributed by atoms with van der Waals surface area (Å²) in [6.45, 7) is 0.996. The van der Waals surface area contributed by atoms with Crippen molar-refractivity contribution in [3.63, 3.8) is 0 Å². The Bertz CT molecular complexity index is 823. The van der Waals surface area contributed by atoms with E-state index < -0.39 is 9.92 Å². The number of nitrogens with two attached hydrogens (primary N) is 1. The molecule has 2 unspecified atom stereocenters. The van der Waals surface area contributed by atoms with E-state index in [4.69, 9.17) is 5.14 Å². The van der Waals surface area contributed by atoms with E-state index in [1.165, 1.54) is 27.8 Å². The summed E-state index contributed by atoms with van der Waals surface area (Å²) < 4.78 is 16.7. The van der Waals surface area contributed by atoms with E-state index in [1.54, 1.807) is 0 Å². The SMILES string of the molecule is CN1CCCC1CS(N)(=O)=NC(=O)Cc1c2c(cc3c1CCC3)CCC2. The minimum atomic E-state index is -2.96. The molecule has 26 heavy (non-hydrogen) atoms. The molecule has 4 rings (SSSR count). The van der Waals surface area contributed by atoms with Crippen LogP contribution in [0.2, 0.25) is 0 Å². The Morgan fingerprint density at radius 3 is 2.42 bits per heavy atom. The molecule has 1 aliphatic heterocycles. The van der Waals surface area contributed by atoms with Crippen LogP contribution in [0.25, 0.3) is 0 Å². The van der Waals surface area contributed by atoms with Crippen LogP contribution in [-0.4, -0.2) is 40.4 Å². The van der Waals surface area contributed by atoms with Gasteiger partial charge in [-0.2, -0.15) is 0 Å². The predicted octanol–water partition coefficient (Wildman–Crippen LogP) is 2.17. The molecular weight excluding hydrogens is 346 g/mol. The Kier molecular flexibility index (Phi) is 4.92. The van der Waals surface area contributed by atoms with Gasteiger partial charge in [0, 0.05) is 6.04 Å². The van der Waals surface area contributed by atoms with Gasteiger partial charge >= 0.3 is 0 Å². The molecule has 0 saturated carbocycles. The van der Waals surface area contributed by atoms with E-state index in [0.29, 0.717) is 5.75 Å². The number of fused-ring (bicyclic) bond motifs is 2. The molecular formula is C20H29N3O2S. The van der Waals surface area contributed by atoms with Crippen LogP contribution >= 0.6 is 0 Å². The number of amides is 1. The van der Waals surface area contributed by atoms with Gasteiger partial charge in [0.1, 0.15) is 9.92 Å². The van der Waals surface area contributed by atoms with Gasteiger partial charge in [0.2, 0.25) is 0 Å². The quantitative estimate of drug-likeness (QED) is 0.876. The number of carbonyl (C=O) groups excluding carboxylic acids is 1. The van der Waals surface area contributed by atoms with Crippen molar-refractivity contribution in [2.24, 2.45) is 9.50 Å². The standard InChI is InChI=1S/C20H29N3O2S/c1-23-10-4-7-16(23)13-26(21,25)22-20(24)12-19-17-8-2-5-14(17)11-15-6-3-9-18(15)19/h11,16H,2-10,12-13H2,1H3,(H2,21,22,24,25). The van der Waals surface area contributed by atoms with Crippen LogP contribution in [0.3, 0.4) is 0 Å². The smallest absolute Gasteiger partial charge is 0.259 e. The zero-order valence-electron chi connectivity index (χ0n) is 15.6. The summed E-state index contributed by atoms with van der Waals surface area (Å²) in [6, 6.07) is 2.53. The van der Waals surface area contributed by atoms with Crippen molar-refractivity contribution in [1.82, 2.24) is 4.90 Å². The van der Waals surface area contributed by atoms with Crippen LogP contribution in [0.15, 0.2) is 10.4 Å². The molecule has 2 aliphatic carbocycles. The molecule has 1 aromatic rings. The second kappa shape index (κ2) is 7.06. The molecule has 1 aromatic carbocycles. The molecule has 5 nitrogen and oxygen atoms in total. The van der Waals surface area contributed by atoms with Crippen LogP contribution < -0.4 is 5.14 Å². The average Bonchev–Trinajstić information content (AvgIpc) is 3.28. The summed E-state index contributed by atoms with van der Waals surface area (Å²) >= 11 is 0. The maximum absolute atomic E-state index is 12.7. The first kappa shape index (κ1) is 18.1. The first-order valence-corrected chi connectivity index (χ1v) is 11.6. The van der Waals surface area contributed by atoms with Crippen molar-refractivity contribution in [1.29, 1.82) is 0 Å². The lowest BCUT2D eigenvalue weighted by Crippen LogP contribution is -2.35. The van der Waals surface area contributed by atoms with Crippen molar-refractivity contribution < 1.29 is 9.00 Å². The summed E-state index contributed by atoms with van der Waals surface area (Å²) in [5.74, 6) is -0.0205. The minimum absolute atomic E-state index is 0.175. The van der Waals surface area contributed by atoms with Crippen molar-refractivity contribution in [2.75, 3.05) is 19.3 Å². The Hall–Kier alpha value is -1.24. The number of hydrogen-bond acceptors (Lipinski definition) is 3. The van der Waals surface area contributed by atoms with E-state index in [2.05, 4.69) is 15.3 Å². The molecule has 3 aliphatic rings. The molecule has 6 heteroatoms. The minimum Gasteiger partial charge on any atom is -0.302 e. The third-order valence-corrected chi connectivity index (χ3v) is 7.66. The van der Waals surface area contributed by atoms with E-state index in [-0.39, 0.29) is 18.4 Å².